The molecule has 0 bridgehead atoms. The van der Waals surface area contributed by atoms with Crippen LogP contribution in [0.4, 0.5) is 15.8 Å². The largest absolute Gasteiger partial charge is 0.454 e. The SMILES string of the molecule is O=[N+]([O-])c1ccc(F)c(NCc2ccc(I)o2)c1. The van der Waals surface area contributed by atoms with E-state index in [2.05, 4.69) is 5.32 Å². The van der Waals surface area contributed by atoms with Crippen molar-refractivity contribution in [1.82, 2.24) is 0 Å². The Morgan fingerprint density at radius 3 is 2.78 bits per heavy atom. The summed E-state index contributed by atoms with van der Waals surface area (Å²) in [6.45, 7) is 0.265. The van der Waals surface area contributed by atoms with Crippen molar-refractivity contribution in [1.29, 1.82) is 0 Å². The molecule has 1 N–H and O–H groups in total. The smallest absolute Gasteiger partial charge is 0.271 e. The Hall–Kier alpha value is -1.64. The van der Waals surface area contributed by atoms with Crippen molar-refractivity contribution in [2.75, 3.05) is 5.32 Å². The molecule has 94 valence electrons. The average molecular weight is 362 g/mol. The molecule has 1 aromatic heterocycles. The average Bonchev–Trinajstić information content (AvgIpc) is 2.74. The van der Waals surface area contributed by atoms with Crippen LogP contribution in [0.1, 0.15) is 5.76 Å². The lowest BCUT2D eigenvalue weighted by atomic mass is 10.2. The van der Waals surface area contributed by atoms with Gasteiger partial charge in [-0.05, 0) is 40.8 Å². The van der Waals surface area contributed by atoms with Crippen LogP contribution in [0.5, 0.6) is 0 Å². The normalized spacial score (nSPS) is 10.3. The number of halogens is 2. The quantitative estimate of drug-likeness (QED) is 0.513. The number of anilines is 1. The molecule has 0 saturated heterocycles. The molecule has 1 heterocycles. The fraction of sp³-hybridized carbons (Fsp3) is 0.0909. The Balaban J connectivity index is 2.13. The number of nitrogens with one attached hydrogen (secondary N) is 1. The van der Waals surface area contributed by atoms with Crippen molar-refractivity contribution >= 4 is 34.0 Å². The monoisotopic (exact) mass is 362 g/mol. The van der Waals surface area contributed by atoms with E-state index in [0.29, 0.717) is 5.76 Å². The minimum Gasteiger partial charge on any atom is -0.454 e. The summed E-state index contributed by atoms with van der Waals surface area (Å²) in [7, 11) is 0. The maximum absolute atomic E-state index is 13.4. The molecular weight excluding hydrogens is 354 g/mol. The summed E-state index contributed by atoms with van der Waals surface area (Å²) in [5.41, 5.74) is -0.0801. The Kier molecular flexibility index (Phi) is 3.80. The second-order valence-corrected chi connectivity index (χ2v) is 4.54. The highest BCUT2D eigenvalue weighted by Gasteiger charge is 2.11. The standard InChI is InChI=1S/C11H8FIN2O3/c12-9-3-1-7(15(16)17)5-10(9)14-6-8-2-4-11(13)18-8/h1-5,14H,6H2. The van der Waals surface area contributed by atoms with Gasteiger partial charge in [-0.15, -0.1) is 0 Å². The molecule has 0 saturated carbocycles. The summed E-state index contributed by atoms with van der Waals surface area (Å²) >= 11 is 2.02. The van der Waals surface area contributed by atoms with Crippen LogP contribution in [0.25, 0.3) is 0 Å². The van der Waals surface area contributed by atoms with Crippen molar-refractivity contribution in [3.8, 4) is 0 Å². The van der Waals surface area contributed by atoms with Crippen LogP contribution in [0.3, 0.4) is 0 Å². The van der Waals surface area contributed by atoms with Gasteiger partial charge < -0.3 is 9.73 Å². The zero-order chi connectivity index (χ0) is 13.1. The first kappa shape index (κ1) is 12.8. The first-order valence-corrected chi connectivity index (χ1v) is 6.06. The van der Waals surface area contributed by atoms with Gasteiger partial charge in [-0.3, -0.25) is 10.1 Å². The lowest BCUT2D eigenvalue weighted by Crippen LogP contribution is -2.01. The molecule has 2 aromatic rings. The van der Waals surface area contributed by atoms with Gasteiger partial charge in [0.05, 0.1) is 17.2 Å². The van der Waals surface area contributed by atoms with E-state index in [4.69, 9.17) is 4.42 Å². The van der Waals surface area contributed by atoms with Crippen LogP contribution in [0.2, 0.25) is 0 Å². The molecule has 1 aromatic carbocycles. The first-order chi connectivity index (χ1) is 8.56. The molecule has 0 radical (unpaired) electrons. The molecule has 0 fully saturated rings. The molecule has 18 heavy (non-hydrogen) atoms. The van der Waals surface area contributed by atoms with Gasteiger partial charge in [0.15, 0.2) is 3.77 Å². The molecule has 0 atom stereocenters. The molecule has 0 unspecified atom stereocenters. The fourth-order valence-corrected chi connectivity index (χ4v) is 1.85. The number of non-ortho nitro benzene ring substituents is 1. The lowest BCUT2D eigenvalue weighted by molar-refractivity contribution is -0.384. The Morgan fingerprint density at radius 1 is 1.39 bits per heavy atom. The summed E-state index contributed by atoms with van der Waals surface area (Å²) in [6.07, 6.45) is 0. The molecule has 0 spiro atoms. The van der Waals surface area contributed by atoms with E-state index < -0.39 is 10.7 Å². The zero-order valence-electron chi connectivity index (χ0n) is 9.02. The van der Waals surface area contributed by atoms with E-state index in [1.807, 2.05) is 22.6 Å². The van der Waals surface area contributed by atoms with E-state index in [1.54, 1.807) is 12.1 Å². The van der Waals surface area contributed by atoms with Gasteiger partial charge in [-0.1, -0.05) is 0 Å². The molecule has 7 heteroatoms. The van der Waals surface area contributed by atoms with Gasteiger partial charge >= 0.3 is 0 Å². The van der Waals surface area contributed by atoms with E-state index in [9.17, 15) is 14.5 Å². The molecule has 0 aliphatic carbocycles. The van der Waals surface area contributed by atoms with Crippen molar-refractivity contribution in [2.24, 2.45) is 0 Å². The maximum Gasteiger partial charge on any atom is 0.271 e. The summed E-state index contributed by atoms with van der Waals surface area (Å²) < 4.78 is 19.4. The molecular formula is C11H8FIN2O3. The number of hydrogen-bond donors (Lipinski definition) is 1. The van der Waals surface area contributed by atoms with Gasteiger partial charge in [0, 0.05) is 12.1 Å². The number of nitro benzene ring substituents is 1. The van der Waals surface area contributed by atoms with Gasteiger partial charge in [0.1, 0.15) is 11.6 Å². The number of nitro groups is 1. The third-order valence-corrected chi connectivity index (χ3v) is 2.82. The van der Waals surface area contributed by atoms with Crippen LogP contribution in [-0.2, 0) is 6.54 Å². The van der Waals surface area contributed by atoms with E-state index in [0.717, 1.165) is 22.0 Å². The Labute approximate surface area is 115 Å². The molecule has 0 amide bonds. The summed E-state index contributed by atoms with van der Waals surface area (Å²) in [4.78, 5) is 10.0. The zero-order valence-corrected chi connectivity index (χ0v) is 11.2. The van der Waals surface area contributed by atoms with Crippen molar-refractivity contribution in [3.05, 3.63) is 55.8 Å². The summed E-state index contributed by atoms with van der Waals surface area (Å²) in [5, 5.41) is 13.3. The Morgan fingerprint density at radius 2 is 2.17 bits per heavy atom. The van der Waals surface area contributed by atoms with Gasteiger partial charge in [-0.2, -0.15) is 0 Å². The lowest BCUT2D eigenvalue weighted by Gasteiger charge is -2.05. The molecule has 2 rings (SSSR count). The van der Waals surface area contributed by atoms with Gasteiger partial charge in [0.2, 0.25) is 0 Å². The minimum atomic E-state index is -0.569. The van der Waals surface area contributed by atoms with E-state index in [-0.39, 0.29) is 17.9 Å². The highest BCUT2D eigenvalue weighted by Crippen LogP contribution is 2.22. The van der Waals surface area contributed by atoms with Crippen LogP contribution >= 0.6 is 22.6 Å². The van der Waals surface area contributed by atoms with Crippen molar-refractivity contribution in [2.45, 2.75) is 6.54 Å². The molecule has 0 aliphatic rings. The predicted octanol–water partition coefficient (Wildman–Crippen LogP) is 3.54. The van der Waals surface area contributed by atoms with Crippen LogP contribution in [-0.4, -0.2) is 4.92 Å². The number of hydrogen-bond acceptors (Lipinski definition) is 4. The second-order valence-electron chi connectivity index (χ2n) is 3.48. The van der Waals surface area contributed by atoms with Crippen LogP contribution in [0.15, 0.2) is 34.7 Å². The predicted molar refractivity (Wildman–Crippen MR) is 71.8 cm³/mol. The maximum atomic E-state index is 13.4. The first-order valence-electron chi connectivity index (χ1n) is 4.98. The number of benzene rings is 1. The highest BCUT2D eigenvalue weighted by atomic mass is 127. The fourth-order valence-electron chi connectivity index (χ4n) is 1.39. The van der Waals surface area contributed by atoms with Gasteiger partial charge in [0.25, 0.3) is 5.69 Å². The Bertz CT molecular complexity index is 585. The van der Waals surface area contributed by atoms with Crippen LogP contribution in [0, 0.1) is 19.7 Å². The van der Waals surface area contributed by atoms with Crippen LogP contribution < -0.4 is 5.32 Å². The summed E-state index contributed by atoms with van der Waals surface area (Å²) in [6, 6.07) is 6.87. The number of nitrogens with zero attached hydrogens (tertiary/aromatic N) is 1. The van der Waals surface area contributed by atoms with Crippen molar-refractivity contribution < 1.29 is 13.7 Å². The third-order valence-electron chi connectivity index (χ3n) is 2.24. The highest BCUT2D eigenvalue weighted by molar-refractivity contribution is 14.1. The van der Waals surface area contributed by atoms with Gasteiger partial charge in [-0.25, -0.2) is 4.39 Å². The second kappa shape index (κ2) is 5.34. The van der Waals surface area contributed by atoms with Crippen molar-refractivity contribution in [3.63, 3.8) is 0 Å². The number of rotatable bonds is 4. The molecule has 5 nitrogen and oxygen atoms in total. The number of furan rings is 1. The summed E-state index contributed by atoms with van der Waals surface area (Å²) in [5.74, 6) is 0.0900. The molecule has 0 aliphatic heterocycles. The van der Waals surface area contributed by atoms with E-state index >= 15 is 0 Å². The topological polar surface area (TPSA) is 68.3 Å². The third kappa shape index (κ3) is 2.97. The minimum absolute atomic E-state index is 0.0793. The van der Waals surface area contributed by atoms with E-state index in [1.165, 1.54) is 0 Å².